The number of rotatable bonds is 6. The van der Waals surface area contributed by atoms with Crippen molar-refractivity contribution in [2.45, 2.75) is 24.1 Å². The molecule has 0 spiro atoms. The standard InChI is InChI=1S/C17H18Cl2N4O5S2/c1-2-28-15(25)10-5-7-23(8-6-10)30(26,27)17-22-21-16(29-17)20-14(24)12-4-3-11(18)9-13(12)19/h3-4,9-10H,2,5-8H2,1H3,(H,20,21,24). The van der Waals surface area contributed by atoms with Crippen LogP contribution in [-0.4, -0.2) is 54.5 Å². The molecule has 162 valence electrons. The number of esters is 1. The van der Waals surface area contributed by atoms with Crippen molar-refractivity contribution in [2.75, 3.05) is 25.0 Å². The molecule has 30 heavy (non-hydrogen) atoms. The smallest absolute Gasteiger partial charge is 0.309 e. The highest BCUT2D eigenvalue weighted by molar-refractivity contribution is 7.91. The van der Waals surface area contributed by atoms with Crippen LogP contribution in [0.1, 0.15) is 30.1 Å². The molecule has 1 aliphatic rings. The summed E-state index contributed by atoms with van der Waals surface area (Å²) < 4.78 is 31.6. The molecule has 0 radical (unpaired) electrons. The van der Waals surface area contributed by atoms with E-state index in [1.54, 1.807) is 6.92 Å². The average Bonchev–Trinajstić information content (AvgIpc) is 3.17. The minimum Gasteiger partial charge on any atom is -0.466 e. The van der Waals surface area contributed by atoms with Crippen molar-refractivity contribution >= 4 is 61.6 Å². The van der Waals surface area contributed by atoms with Crippen LogP contribution in [0.15, 0.2) is 22.5 Å². The van der Waals surface area contributed by atoms with Gasteiger partial charge in [0.15, 0.2) is 0 Å². The van der Waals surface area contributed by atoms with Crippen LogP contribution in [0, 0.1) is 5.92 Å². The Bertz CT molecular complexity index is 1050. The first-order valence-electron chi connectivity index (χ1n) is 8.99. The van der Waals surface area contributed by atoms with E-state index in [0.717, 1.165) is 11.3 Å². The molecule has 2 aromatic rings. The predicted molar refractivity (Wildman–Crippen MR) is 112 cm³/mol. The molecule has 2 heterocycles. The first-order chi connectivity index (χ1) is 14.2. The van der Waals surface area contributed by atoms with Gasteiger partial charge in [-0.15, -0.1) is 10.2 Å². The van der Waals surface area contributed by atoms with E-state index in [9.17, 15) is 18.0 Å². The number of carbonyl (C=O) groups excluding carboxylic acids is 2. The van der Waals surface area contributed by atoms with Gasteiger partial charge in [-0.25, -0.2) is 8.42 Å². The minimum absolute atomic E-state index is 0.0194. The Balaban J connectivity index is 1.66. The van der Waals surface area contributed by atoms with Crippen LogP contribution in [-0.2, 0) is 19.6 Å². The number of benzene rings is 1. The van der Waals surface area contributed by atoms with Crippen LogP contribution < -0.4 is 5.32 Å². The Morgan fingerprint density at radius 2 is 1.97 bits per heavy atom. The molecular weight excluding hydrogens is 475 g/mol. The molecule has 3 rings (SSSR count). The Kier molecular flexibility index (Phi) is 7.30. The summed E-state index contributed by atoms with van der Waals surface area (Å²) in [6, 6.07) is 4.39. The van der Waals surface area contributed by atoms with E-state index in [0.29, 0.717) is 17.9 Å². The number of nitrogens with zero attached hydrogens (tertiary/aromatic N) is 3. The molecule has 0 unspecified atom stereocenters. The zero-order chi connectivity index (χ0) is 21.9. The van der Waals surface area contributed by atoms with Crippen LogP contribution in [0.3, 0.4) is 0 Å². The van der Waals surface area contributed by atoms with Crippen molar-refractivity contribution in [3.05, 3.63) is 33.8 Å². The number of ether oxygens (including phenoxy) is 1. The minimum atomic E-state index is -3.89. The van der Waals surface area contributed by atoms with Gasteiger partial charge in [-0.1, -0.05) is 34.5 Å². The lowest BCUT2D eigenvalue weighted by atomic mass is 9.98. The quantitative estimate of drug-likeness (QED) is 0.485. The summed E-state index contributed by atoms with van der Waals surface area (Å²) in [4.78, 5) is 24.2. The van der Waals surface area contributed by atoms with Crippen LogP contribution in [0.5, 0.6) is 0 Å². The zero-order valence-electron chi connectivity index (χ0n) is 15.8. The molecule has 1 fully saturated rings. The fraction of sp³-hybridized carbons (Fsp3) is 0.412. The molecule has 1 saturated heterocycles. The summed E-state index contributed by atoms with van der Waals surface area (Å²) in [5.41, 5.74) is 0.168. The lowest BCUT2D eigenvalue weighted by Gasteiger charge is -2.29. The van der Waals surface area contributed by atoms with E-state index in [4.69, 9.17) is 27.9 Å². The van der Waals surface area contributed by atoms with Crippen molar-refractivity contribution in [3.8, 4) is 0 Å². The number of halogens is 2. The number of hydrogen-bond acceptors (Lipinski definition) is 8. The largest absolute Gasteiger partial charge is 0.466 e. The van der Waals surface area contributed by atoms with E-state index in [1.807, 2.05) is 0 Å². The van der Waals surface area contributed by atoms with Gasteiger partial charge in [0.1, 0.15) is 0 Å². The van der Waals surface area contributed by atoms with E-state index in [2.05, 4.69) is 15.5 Å². The van der Waals surface area contributed by atoms with Gasteiger partial charge < -0.3 is 4.74 Å². The van der Waals surface area contributed by atoms with Crippen LogP contribution in [0.25, 0.3) is 0 Å². The number of hydrogen-bond donors (Lipinski definition) is 1. The van der Waals surface area contributed by atoms with Crippen molar-refractivity contribution in [1.29, 1.82) is 0 Å². The third kappa shape index (κ3) is 5.09. The SMILES string of the molecule is CCOC(=O)C1CCN(S(=O)(=O)c2nnc(NC(=O)c3ccc(Cl)cc3Cl)s2)CC1. The number of nitrogens with one attached hydrogen (secondary N) is 1. The Hall–Kier alpha value is -1.79. The molecule has 9 nitrogen and oxygen atoms in total. The predicted octanol–water partition coefficient (Wildman–Crippen LogP) is 3.06. The van der Waals surface area contributed by atoms with Crippen LogP contribution >= 0.6 is 34.5 Å². The second-order valence-electron chi connectivity index (χ2n) is 6.38. The number of piperidine rings is 1. The summed E-state index contributed by atoms with van der Waals surface area (Å²) in [5.74, 6) is -1.19. The monoisotopic (exact) mass is 492 g/mol. The van der Waals surface area contributed by atoms with Gasteiger partial charge >= 0.3 is 5.97 Å². The van der Waals surface area contributed by atoms with Crippen LogP contribution in [0.2, 0.25) is 10.0 Å². The zero-order valence-corrected chi connectivity index (χ0v) is 18.9. The van der Waals surface area contributed by atoms with Crippen LogP contribution in [0.4, 0.5) is 5.13 Å². The maximum absolute atomic E-state index is 12.8. The van der Waals surface area contributed by atoms with Gasteiger partial charge in [-0.2, -0.15) is 4.31 Å². The Labute approximate surface area is 187 Å². The molecule has 0 atom stereocenters. The maximum atomic E-state index is 12.8. The van der Waals surface area contributed by atoms with Crippen molar-refractivity contribution < 1.29 is 22.7 Å². The maximum Gasteiger partial charge on any atom is 0.309 e. The summed E-state index contributed by atoms with van der Waals surface area (Å²) in [6.45, 7) is 2.36. The summed E-state index contributed by atoms with van der Waals surface area (Å²) in [6.07, 6.45) is 0.741. The first-order valence-corrected chi connectivity index (χ1v) is 12.0. The van der Waals surface area contributed by atoms with Gasteiger partial charge in [0, 0.05) is 18.1 Å². The second-order valence-corrected chi connectivity index (χ2v) is 10.3. The highest BCUT2D eigenvalue weighted by Crippen LogP contribution is 2.28. The number of sulfonamides is 1. The van der Waals surface area contributed by atoms with E-state index < -0.39 is 15.9 Å². The number of carbonyl (C=O) groups is 2. The van der Waals surface area contributed by atoms with E-state index >= 15 is 0 Å². The van der Waals surface area contributed by atoms with Gasteiger partial charge in [-0.3, -0.25) is 14.9 Å². The summed E-state index contributed by atoms with van der Waals surface area (Å²) in [7, 11) is -3.89. The lowest BCUT2D eigenvalue weighted by Crippen LogP contribution is -2.40. The van der Waals surface area contributed by atoms with Gasteiger partial charge in [0.05, 0.1) is 23.1 Å². The fourth-order valence-corrected chi connectivity index (χ4v) is 5.90. The number of aromatic nitrogens is 2. The number of amides is 1. The molecule has 1 aromatic heterocycles. The molecule has 1 aliphatic heterocycles. The molecule has 13 heteroatoms. The van der Waals surface area contributed by atoms with E-state index in [1.165, 1.54) is 22.5 Å². The fourth-order valence-electron chi connectivity index (χ4n) is 2.91. The molecule has 1 aromatic carbocycles. The highest BCUT2D eigenvalue weighted by atomic mass is 35.5. The highest BCUT2D eigenvalue weighted by Gasteiger charge is 2.35. The van der Waals surface area contributed by atoms with Crippen molar-refractivity contribution in [3.63, 3.8) is 0 Å². The Morgan fingerprint density at radius 1 is 1.27 bits per heavy atom. The Morgan fingerprint density at radius 3 is 2.60 bits per heavy atom. The molecule has 0 saturated carbocycles. The molecule has 1 amide bonds. The summed E-state index contributed by atoms with van der Waals surface area (Å²) >= 11 is 12.6. The molecule has 0 aliphatic carbocycles. The third-order valence-corrected chi connectivity index (χ3v) is 8.07. The molecular formula is C17H18Cl2N4O5S2. The second kappa shape index (κ2) is 9.56. The van der Waals surface area contributed by atoms with Gasteiger partial charge in [0.25, 0.3) is 15.9 Å². The van der Waals surface area contributed by atoms with Gasteiger partial charge in [0.2, 0.25) is 9.47 Å². The average molecular weight is 493 g/mol. The molecule has 1 N–H and O–H groups in total. The first kappa shape index (κ1) is 22.9. The topological polar surface area (TPSA) is 119 Å². The number of anilines is 1. The normalized spacial score (nSPS) is 15.7. The summed E-state index contributed by atoms with van der Waals surface area (Å²) in [5, 5.41) is 10.5. The van der Waals surface area contributed by atoms with Crippen molar-refractivity contribution in [1.82, 2.24) is 14.5 Å². The third-order valence-electron chi connectivity index (χ3n) is 4.44. The van der Waals surface area contributed by atoms with E-state index in [-0.39, 0.29) is 51.6 Å². The van der Waals surface area contributed by atoms with Gasteiger partial charge in [-0.05, 0) is 38.0 Å². The molecule has 0 bridgehead atoms. The lowest BCUT2D eigenvalue weighted by molar-refractivity contribution is -0.149. The van der Waals surface area contributed by atoms with Crippen molar-refractivity contribution in [2.24, 2.45) is 5.92 Å².